The Morgan fingerprint density at radius 3 is 2.00 bits per heavy atom. The van der Waals surface area contributed by atoms with E-state index in [0.717, 1.165) is 20.8 Å². The van der Waals surface area contributed by atoms with Crippen LogP contribution in [-0.2, 0) is 42.9 Å². The number of fused-ring (bicyclic) bond motifs is 1. The minimum Gasteiger partial charge on any atom is -0.452 e. The lowest BCUT2D eigenvalue weighted by Crippen LogP contribution is -2.38. The third-order valence-electron chi connectivity index (χ3n) is 2.87. The lowest BCUT2D eigenvalue weighted by Gasteiger charge is -2.20. The molecule has 0 aliphatic carbocycles. The monoisotopic (exact) mass is 302 g/mol. The quantitative estimate of drug-likeness (QED) is 0.481. The lowest BCUT2D eigenvalue weighted by molar-refractivity contribution is -0.205. The minimum absolute atomic E-state index is 0.659. The third-order valence-corrected chi connectivity index (χ3v) is 2.87. The first kappa shape index (κ1) is 15.2. The van der Waals surface area contributed by atoms with Gasteiger partial charge in [-0.3, -0.25) is 14.4 Å². The molecular formula is C12H14O9. The Morgan fingerprint density at radius 2 is 1.48 bits per heavy atom. The lowest BCUT2D eigenvalue weighted by atomic mass is 10.1. The van der Waals surface area contributed by atoms with Gasteiger partial charge in [0.05, 0.1) is 0 Å². The summed E-state index contributed by atoms with van der Waals surface area (Å²) in [5.41, 5.74) is 0. The topological polar surface area (TPSA) is 114 Å². The highest BCUT2D eigenvalue weighted by molar-refractivity contribution is 5.82. The normalized spacial score (nSPS) is 33.9. The van der Waals surface area contributed by atoms with Crippen LogP contribution in [-0.4, -0.2) is 54.6 Å². The predicted octanol–water partition coefficient (Wildman–Crippen LogP) is -0.937. The molecule has 2 fully saturated rings. The summed E-state index contributed by atoms with van der Waals surface area (Å²) in [6.07, 6.45) is -5.63. The van der Waals surface area contributed by atoms with Crippen LogP contribution in [0.25, 0.3) is 0 Å². The second kappa shape index (κ2) is 5.68. The van der Waals surface area contributed by atoms with Crippen molar-refractivity contribution in [3.63, 3.8) is 0 Å². The Bertz CT molecular complexity index is 485. The number of hydrogen-bond donors (Lipinski definition) is 0. The highest BCUT2D eigenvalue weighted by atomic mass is 16.8. The number of rotatable bonds is 3. The summed E-state index contributed by atoms with van der Waals surface area (Å²) in [6, 6.07) is 0. The first-order valence-electron chi connectivity index (χ1n) is 6.17. The summed E-state index contributed by atoms with van der Waals surface area (Å²) in [4.78, 5) is 44.8. The number of carbonyl (C=O) groups excluding carboxylic acids is 4. The maximum Gasteiger partial charge on any atom is 0.350 e. The zero-order valence-electron chi connectivity index (χ0n) is 11.6. The van der Waals surface area contributed by atoms with Crippen LogP contribution >= 0.6 is 0 Å². The molecule has 2 heterocycles. The van der Waals surface area contributed by atoms with Gasteiger partial charge < -0.3 is 23.7 Å². The van der Waals surface area contributed by atoms with E-state index in [1.165, 1.54) is 0 Å². The molecule has 0 spiro atoms. The molecule has 5 atom stereocenters. The average Bonchev–Trinajstić information content (AvgIpc) is 2.78. The molecule has 0 aromatic rings. The van der Waals surface area contributed by atoms with Crippen LogP contribution in [0.4, 0.5) is 0 Å². The van der Waals surface area contributed by atoms with E-state index in [9.17, 15) is 19.2 Å². The van der Waals surface area contributed by atoms with Crippen molar-refractivity contribution in [1.82, 2.24) is 0 Å². The van der Waals surface area contributed by atoms with Gasteiger partial charge in [-0.15, -0.1) is 0 Å². The van der Waals surface area contributed by atoms with Gasteiger partial charge in [-0.25, -0.2) is 4.79 Å². The Morgan fingerprint density at radius 1 is 0.905 bits per heavy atom. The average molecular weight is 302 g/mol. The number of carbonyl (C=O) groups is 4. The van der Waals surface area contributed by atoms with Gasteiger partial charge in [0.15, 0.2) is 12.2 Å². The van der Waals surface area contributed by atoms with Crippen molar-refractivity contribution >= 4 is 23.9 Å². The van der Waals surface area contributed by atoms with Crippen LogP contribution < -0.4 is 0 Å². The van der Waals surface area contributed by atoms with Crippen molar-refractivity contribution in [3.8, 4) is 0 Å². The fourth-order valence-electron chi connectivity index (χ4n) is 2.23. The zero-order valence-corrected chi connectivity index (χ0v) is 11.6. The van der Waals surface area contributed by atoms with Crippen molar-refractivity contribution in [2.45, 2.75) is 51.5 Å². The minimum atomic E-state index is -1.29. The highest BCUT2D eigenvalue weighted by Gasteiger charge is 2.61. The molecule has 0 aromatic heterocycles. The van der Waals surface area contributed by atoms with E-state index in [1.807, 2.05) is 0 Å². The molecule has 0 radical (unpaired) electrons. The molecule has 2 aliphatic rings. The smallest absolute Gasteiger partial charge is 0.350 e. The van der Waals surface area contributed by atoms with Gasteiger partial charge in [0.1, 0.15) is 0 Å². The van der Waals surface area contributed by atoms with E-state index in [4.69, 9.17) is 23.7 Å². The summed E-state index contributed by atoms with van der Waals surface area (Å²) >= 11 is 0. The predicted molar refractivity (Wildman–Crippen MR) is 61.4 cm³/mol. The van der Waals surface area contributed by atoms with Crippen molar-refractivity contribution in [1.29, 1.82) is 0 Å². The first-order valence-corrected chi connectivity index (χ1v) is 6.17. The van der Waals surface area contributed by atoms with Crippen LogP contribution in [0, 0.1) is 0 Å². The molecule has 9 heteroatoms. The van der Waals surface area contributed by atoms with E-state index in [2.05, 4.69) is 0 Å². The van der Waals surface area contributed by atoms with E-state index in [-0.39, 0.29) is 0 Å². The molecule has 0 bridgehead atoms. The third kappa shape index (κ3) is 3.13. The molecular weight excluding hydrogens is 288 g/mol. The molecule has 0 N–H and O–H groups in total. The molecule has 116 valence electrons. The maximum atomic E-state index is 11.7. The molecule has 2 saturated heterocycles. The summed E-state index contributed by atoms with van der Waals surface area (Å²) in [5, 5.41) is 0. The molecule has 2 rings (SSSR count). The molecule has 9 nitrogen and oxygen atoms in total. The van der Waals surface area contributed by atoms with Crippen molar-refractivity contribution < 1.29 is 42.9 Å². The Hall–Kier alpha value is -2.16. The van der Waals surface area contributed by atoms with Crippen LogP contribution in [0.3, 0.4) is 0 Å². The number of hydrogen-bond acceptors (Lipinski definition) is 9. The van der Waals surface area contributed by atoms with Crippen LogP contribution in [0.2, 0.25) is 0 Å². The van der Waals surface area contributed by atoms with Gasteiger partial charge in [0.2, 0.25) is 18.5 Å². The summed E-state index contributed by atoms with van der Waals surface area (Å²) in [5.74, 6) is -2.82. The Labute approximate surface area is 119 Å². The van der Waals surface area contributed by atoms with E-state index < -0.39 is 54.6 Å². The van der Waals surface area contributed by atoms with Crippen LogP contribution in [0.15, 0.2) is 0 Å². The second-order valence-corrected chi connectivity index (χ2v) is 4.58. The van der Waals surface area contributed by atoms with E-state index in [0.29, 0.717) is 0 Å². The first-order chi connectivity index (χ1) is 9.79. The maximum absolute atomic E-state index is 11.7. The van der Waals surface area contributed by atoms with Gasteiger partial charge in [0, 0.05) is 20.8 Å². The number of esters is 4. The molecule has 0 amide bonds. The summed E-state index contributed by atoms with van der Waals surface area (Å²) in [6.45, 7) is 3.43. The zero-order chi connectivity index (χ0) is 15.7. The van der Waals surface area contributed by atoms with Crippen molar-refractivity contribution in [2.75, 3.05) is 0 Å². The van der Waals surface area contributed by atoms with Crippen LogP contribution in [0.5, 0.6) is 0 Å². The largest absolute Gasteiger partial charge is 0.452 e. The van der Waals surface area contributed by atoms with Gasteiger partial charge in [0.25, 0.3) is 0 Å². The number of ether oxygens (including phenoxy) is 5. The highest BCUT2D eigenvalue weighted by Crippen LogP contribution is 2.35. The Balaban J connectivity index is 2.19. The fourth-order valence-corrected chi connectivity index (χ4v) is 2.23. The van der Waals surface area contributed by atoms with E-state index in [1.54, 1.807) is 0 Å². The van der Waals surface area contributed by atoms with Crippen molar-refractivity contribution in [2.24, 2.45) is 0 Å². The van der Waals surface area contributed by atoms with Crippen LogP contribution in [0.1, 0.15) is 20.8 Å². The van der Waals surface area contributed by atoms with Gasteiger partial charge in [-0.05, 0) is 0 Å². The molecule has 21 heavy (non-hydrogen) atoms. The summed E-state index contributed by atoms with van der Waals surface area (Å²) < 4.78 is 25.1. The molecule has 0 saturated carbocycles. The molecule has 0 unspecified atom stereocenters. The van der Waals surface area contributed by atoms with Gasteiger partial charge in [-0.2, -0.15) is 0 Å². The van der Waals surface area contributed by atoms with Gasteiger partial charge >= 0.3 is 23.9 Å². The molecule has 2 aliphatic heterocycles. The SMILES string of the molecule is CC(=O)O[C@@H]1O[C@H]2[C@H](OC(=O)[C@H]2OC(C)=O)[C@@H]1OC(C)=O. The molecule has 0 aromatic carbocycles. The Kier molecular flexibility index (Phi) is 4.12. The fraction of sp³-hybridized carbons (Fsp3) is 0.667. The van der Waals surface area contributed by atoms with Crippen molar-refractivity contribution in [3.05, 3.63) is 0 Å². The van der Waals surface area contributed by atoms with E-state index >= 15 is 0 Å². The van der Waals surface area contributed by atoms with Gasteiger partial charge in [-0.1, -0.05) is 0 Å². The standard InChI is InChI=1S/C12H14O9/c1-4(13)17-9-7-8(20-11(9)16)10(18-5(2)14)12(21-7)19-6(3)15/h7-10,12H,1-3H3/t7-,8-,9-,10-,12+/m0/s1. The second-order valence-electron chi connectivity index (χ2n) is 4.58. The summed E-state index contributed by atoms with van der Waals surface area (Å²) in [7, 11) is 0.